The highest BCUT2D eigenvalue weighted by Crippen LogP contribution is 2.31. The summed E-state index contributed by atoms with van der Waals surface area (Å²) in [5.41, 5.74) is 0. The normalized spacial score (nSPS) is 42.0. The molecule has 2 aliphatic rings. The molecule has 15 heavy (non-hydrogen) atoms. The standard InChI is InChI=1S/C11H21NO3/c1-11(14-8-10(7-13)15-11)5-9-3-2-4-12-6-9/h9-10,12-13H,2-8H2,1H3. The van der Waals surface area contributed by atoms with Gasteiger partial charge in [-0.3, -0.25) is 0 Å². The van der Waals surface area contributed by atoms with Crippen molar-refractivity contribution >= 4 is 0 Å². The third-order valence-corrected chi connectivity index (χ3v) is 3.25. The molecule has 3 unspecified atom stereocenters. The molecular formula is C11H21NO3. The number of hydrogen-bond acceptors (Lipinski definition) is 4. The molecule has 4 nitrogen and oxygen atoms in total. The van der Waals surface area contributed by atoms with Crippen molar-refractivity contribution in [3.8, 4) is 0 Å². The van der Waals surface area contributed by atoms with E-state index in [1.807, 2.05) is 6.92 Å². The molecule has 2 fully saturated rings. The summed E-state index contributed by atoms with van der Waals surface area (Å²) in [6.07, 6.45) is 3.28. The molecule has 0 saturated carbocycles. The molecule has 0 aromatic heterocycles. The lowest BCUT2D eigenvalue weighted by molar-refractivity contribution is -0.170. The highest BCUT2D eigenvalue weighted by atomic mass is 16.7. The number of ether oxygens (including phenoxy) is 2. The molecule has 0 aromatic carbocycles. The predicted molar refractivity (Wildman–Crippen MR) is 56.5 cm³/mol. The summed E-state index contributed by atoms with van der Waals surface area (Å²) in [6.45, 7) is 4.75. The zero-order valence-electron chi connectivity index (χ0n) is 9.37. The number of hydrogen-bond donors (Lipinski definition) is 2. The number of aliphatic hydroxyl groups excluding tert-OH is 1. The summed E-state index contributed by atoms with van der Waals surface area (Å²) in [5.74, 6) is 0.165. The topological polar surface area (TPSA) is 50.7 Å². The molecule has 88 valence electrons. The van der Waals surface area contributed by atoms with Crippen molar-refractivity contribution in [2.75, 3.05) is 26.3 Å². The lowest BCUT2D eigenvalue weighted by atomic mass is 9.92. The fourth-order valence-corrected chi connectivity index (χ4v) is 2.51. The molecule has 0 spiro atoms. The Balaban J connectivity index is 1.82. The fraction of sp³-hybridized carbons (Fsp3) is 1.00. The molecule has 2 rings (SSSR count). The van der Waals surface area contributed by atoms with E-state index in [0.717, 1.165) is 19.5 Å². The maximum Gasteiger partial charge on any atom is 0.166 e. The number of aliphatic hydroxyl groups is 1. The van der Waals surface area contributed by atoms with Gasteiger partial charge in [-0.05, 0) is 38.8 Å². The van der Waals surface area contributed by atoms with Gasteiger partial charge in [-0.1, -0.05) is 0 Å². The predicted octanol–water partition coefficient (Wildman–Crippen LogP) is 0.500. The molecule has 0 aliphatic carbocycles. The Kier molecular flexibility index (Phi) is 3.61. The molecule has 2 N–H and O–H groups in total. The van der Waals surface area contributed by atoms with Gasteiger partial charge in [-0.25, -0.2) is 0 Å². The van der Waals surface area contributed by atoms with Crippen LogP contribution in [0.25, 0.3) is 0 Å². The average molecular weight is 215 g/mol. The molecule has 2 aliphatic heterocycles. The Morgan fingerprint density at radius 1 is 1.53 bits per heavy atom. The minimum Gasteiger partial charge on any atom is -0.394 e. The van der Waals surface area contributed by atoms with Crippen LogP contribution in [0.2, 0.25) is 0 Å². The van der Waals surface area contributed by atoms with Crippen LogP contribution >= 0.6 is 0 Å². The number of rotatable bonds is 3. The SMILES string of the molecule is CC1(CC2CCCNC2)OCC(CO)O1. The Morgan fingerprint density at radius 2 is 2.40 bits per heavy atom. The first-order chi connectivity index (χ1) is 7.22. The Hall–Kier alpha value is -0.160. The van der Waals surface area contributed by atoms with Gasteiger partial charge in [0, 0.05) is 6.42 Å². The van der Waals surface area contributed by atoms with Gasteiger partial charge in [0.15, 0.2) is 5.79 Å². The van der Waals surface area contributed by atoms with Crippen molar-refractivity contribution in [2.45, 2.75) is 38.1 Å². The van der Waals surface area contributed by atoms with Crippen LogP contribution < -0.4 is 5.32 Å². The van der Waals surface area contributed by atoms with Gasteiger partial charge in [0.05, 0.1) is 13.2 Å². The van der Waals surface area contributed by atoms with Gasteiger partial charge in [0.1, 0.15) is 6.10 Å². The van der Waals surface area contributed by atoms with Crippen LogP contribution in [-0.2, 0) is 9.47 Å². The van der Waals surface area contributed by atoms with Crippen LogP contribution in [0.1, 0.15) is 26.2 Å². The van der Waals surface area contributed by atoms with E-state index in [-0.39, 0.29) is 12.7 Å². The van der Waals surface area contributed by atoms with E-state index in [1.165, 1.54) is 12.8 Å². The molecule has 0 amide bonds. The van der Waals surface area contributed by atoms with Crippen LogP contribution in [-0.4, -0.2) is 43.3 Å². The lowest BCUT2D eigenvalue weighted by Gasteiger charge is -2.30. The molecule has 3 atom stereocenters. The van der Waals surface area contributed by atoms with Crippen LogP contribution in [0.4, 0.5) is 0 Å². The summed E-state index contributed by atoms with van der Waals surface area (Å²) >= 11 is 0. The van der Waals surface area contributed by atoms with Gasteiger partial charge in [0.2, 0.25) is 0 Å². The monoisotopic (exact) mass is 215 g/mol. The largest absolute Gasteiger partial charge is 0.394 e. The van der Waals surface area contributed by atoms with Crippen molar-refractivity contribution in [2.24, 2.45) is 5.92 Å². The minimum atomic E-state index is -0.475. The van der Waals surface area contributed by atoms with E-state index in [2.05, 4.69) is 5.32 Å². The molecular weight excluding hydrogens is 194 g/mol. The minimum absolute atomic E-state index is 0.0541. The highest BCUT2D eigenvalue weighted by molar-refractivity contribution is 4.80. The fourth-order valence-electron chi connectivity index (χ4n) is 2.51. The Bertz CT molecular complexity index is 206. The first-order valence-electron chi connectivity index (χ1n) is 5.85. The summed E-state index contributed by atoms with van der Waals surface area (Å²) in [4.78, 5) is 0. The van der Waals surface area contributed by atoms with Crippen molar-refractivity contribution in [3.05, 3.63) is 0 Å². The zero-order chi connectivity index (χ0) is 10.7. The second-order valence-corrected chi connectivity index (χ2v) is 4.78. The number of piperidine rings is 1. The van der Waals surface area contributed by atoms with Crippen LogP contribution in [0.3, 0.4) is 0 Å². The van der Waals surface area contributed by atoms with Gasteiger partial charge in [0.25, 0.3) is 0 Å². The summed E-state index contributed by atoms with van der Waals surface area (Å²) in [7, 11) is 0. The average Bonchev–Trinajstić information content (AvgIpc) is 2.61. The smallest absolute Gasteiger partial charge is 0.166 e. The molecule has 0 aromatic rings. The third kappa shape index (κ3) is 2.91. The second-order valence-electron chi connectivity index (χ2n) is 4.78. The quantitative estimate of drug-likeness (QED) is 0.720. The van der Waals surface area contributed by atoms with E-state index in [4.69, 9.17) is 14.6 Å². The summed E-state index contributed by atoms with van der Waals surface area (Å²) in [5, 5.41) is 12.4. The van der Waals surface area contributed by atoms with Gasteiger partial charge >= 0.3 is 0 Å². The number of nitrogens with one attached hydrogen (secondary N) is 1. The summed E-state index contributed by atoms with van der Waals surface area (Å²) < 4.78 is 11.3. The maximum atomic E-state index is 8.99. The van der Waals surface area contributed by atoms with Crippen molar-refractivity contribution in [3.63, 3.8) is 0 Å². The van der Waals surface area contributed by atoms with Gasteiger partial charge in [-0.2, -0.15) is 0 Å². The molecule has 2 saturated heterocycles. The second kappa shape index (κ2) is 4.78. The van der Waals surface area contributed by atoms with Crippen LogP contribution in [0.15, 0.2) is 0 Å². The van der Waals surface area contributed by atoms with Gasteiger partial charge in [-0.15, -0.1) is 0 Å². The zero-order valence-corrected chi connectivity index (χ0v) is 9.37. The molecule has 0 radical (unpaired) electrons. The van der Waals surface area contributed by atoms with Crippen LogP contribution in [0, 0.1) is 5.92 Å². The Morgan fingerprint density at radius 3 is 3.00 bits per heavy atom. The summed E-state index contributed by atoms with van der Waals surface area (Å²) in [6, 6.07) is 0. The van der Waals surface area contributed by atoms with E-state index in [9.17, 15) is 0 Å². The molecule has 0 bridgehead atoms. The highest BCUT2D eigenvalue weighted by Gasteiger charge is 2.38. The first kappa shape index (κ1) is 11.3. The maximum absolute atomic E-state index is 8.99. The van der Waals surface area contributed by atoms with Crippen molar-refractivity contribution in [1.82, 2.24) is 5.32 Å². The van der Waals surface area contributed by atoms with E-state index in [1.54, 1.807) is 0 Å². The van der Waals surface area contributed by atoms with E-state index < -0.39 is 5.79 Å². The van der Waals surface area contributed by atoms with Crippen LogP contribution in [0.5, 0.6) is 0 Å². The molecule has 4 heteroatoms. The Labute approximate surface area is 90.9 Å². The van der Waals surface area contributed by atoms with Gasteiger partial charge < -0.3 is 19.9 Å². The third-order valence-electron chi connectivity index (χ3n) is 3.25. The van der Waals surface area contributed by atoms with E-state index >= 15 is 0 Å². The molecule has 2 heterocycles. The van der Waals surface area contributed by atoms with Crippen molar-refractivity contribution < 1.29 is 14.6 Å². The van der Waals surface area contributed by atoms with Crippen molar-refractivity contribution in [1.29, 1.82) is 0 Å². The van der Waals surface area contributed by atoms with E-state index in [0.29, 0.717) is 12.5 Å². The lowest BCUT2D eigenvalue weighted by Crippen LogP contribution is -2.37. The first-order valence-corrected chi connectivity index (χ1v) is 5.85.